The number of amides is 2. The van der Waals surface area contributed by atoms with Gasteiger partial charge in [-0.2, -0.15) is 0 Å². The summed E-state index contributed by atoms with van der Waals surface area (Å²) in [6.07, 6.45) is 3.04. The molecule has 0 saturated carbocycles. The zero-order valence-electron chi connectivity index (χ0n) is 9.96. The highest BCUT2D eigenvalue weighted by Gasteiger charge is 2.18. The molecule has 0 rings (SSSR count). The van der Waals surface area contributed by atoms with E-state index in [1.165, 1.54) is 0 Å². The van der Waals surface area contributed by atoms with Gasteiger partial charge in [0, 0.05) is 11.8 Å². The zero-order chi connectivity index (χ0) is 12.6. The van der Waals surface area contributed by atoms with Crippen molar-refractivity contribution < 1.29 is 9.59 Å². The zero-order valence-corrected chi connectivity index (χ0v) is 11.5. The molecule has 4 nitrogen and oxygen atoms in total. The molecule has 0 spiro atoms. The van der Waals surface area contributed by atoms with E-state index in [0.29, 0.717) is 18.8 Å². The SMILES string of the molecule is CCC[C@@H](CBr)CC(=O)N[C@@H](CC)C(N)=O. The van der Waals surface area contributed by atoms with Crippen molar-refractivity contribution in [2.24, 2.45) is 11.7 Å². The maximum absolute atomic E-state index is 11.6. The first kappa shape index (κ1) is 15.4. The Morgan fingerprint density at radius 1 is 1.38 bits per heavy atom. The number of nitrogens with two attached hydrogens (primary N) is 1. The molecule has 0 aliphatic carbocycles. The molecule has 0 aromatic heterocycles. The Balaban J connectivity index is 4.09. The molecule has 0 aromatic rings. The monoisotopic (exact) mass is 292 g/mol. The van der Waals surface area contributed by atoms with Crippen LogP contribution in [0.3, 0.4) is 0 Å². The van der Waals surface area contributed by atoms with Crippen LogP contribution in [0.15, 0.2) is 0 Å². The molecule has 0 aromatic carbocycles. The van der Waals surface area contributed by atoms with Crippen LogP contribution in [-0.2, 0) is 9.59 Å². The molecular weight excluding hydrogens is 272 g/mol. The number of halogens is 1. The van der Waals surface area contributed by atoms with E-state index in [2.05, 4.69) is 28.2 Å². The molecule has 0 aliphatic rings. The van der Waals surface area contributed by atoms with Gasteiger partial charge in [0.25, 0.3) is 0 Å². The summed E-state index contributed by atoms with van der Waals surface area (Å²) in [7, 11) is 0. The van der Waals surface area contributed by atoms with E-state index in [1.54, 1.807) is 0 Å². The van der Waals surface area contributed by atoms with Gasteiger partial charge in [-0.15, -0.1) is 0 Å². The van der Waals surface area contributed by atoms with E-state index in [4.69, 9.17) is 5.73 Å². The van der Waals surface area contributed by atoms with Crippen LogP contribution in [-0.4, -0.2) is 23.2 Å². The second-order valence-corrected chi connectivity index (χ2v) is 4.59. The van der Waals surface area contributed by atoms with Gasteiger partial charge in [-0.1, -0.05) is 36.2 Å². The van der Waals surface area contributed by atoms with Crippen LogP contribution in [0.5, 0.6) is 0 Å². The maximum atomic E-state index is 11.6. The Morgan fingerprint density at radius 2 is 2.00 bits per heavy atom. The van der Waals surface area contributed by atoms with Crippen LogP contribution in [0.4, 0.5) is 0 Å². The van der Waals surface area contributed by atoms with E-state index in [1.807, 2.05) is 6.92 Å². The van der Waals surface area contributed by atoms with Crippen LogP contribution < -0.4 is 11.1 Å². The van der Waals surface area contributed by atoms with E-state index in [0.717, 1.165) is 18.2 Å². The van der Waals surface area contributed by atoms with Crippen molar-refractivity contribution in [1.82, 2.24) is 5.32 Å². The Bertz CT molecular complexity index is 234. The molecule has 0 radical (unpaired) electrons. The highest BCUT2D eigenvalue weighted by atomic mass is 79.9. The summed E-state index contributed by atoms with van der Waals surface area (Å²) in [4.78, 5) is 22.6. The number of rotatable bonds is 8. The summed E-state index contributed by atoms with van der Waals surface area (Å²) in [6.45, 7) is 3.91. The average Bonchev–Trinajstić information content (AvgIpc) is 2.24. The van der Waals surface area contributed by atoms with E-state index >= 15 is 0 Å². The summed E-state index contributed by atoms with van der Waals surface area (Å²) in [6, 6.07) is -0.537. The molecule has 0 saturated heterocycles. The van der Waals surface area contributed by atoms with E-state index < -0.39 is 11.9 Å². The van der Waals surface area contributed by atoms with Crippen LogP contribution in [0.2, 0.25) is 0 Å². The molecule has 0 bridgehead atoms. The first-order valence-electron chi connectivity index (χ1n) is 5.69. The van der Waals surface area contributed by atoms with Crippen LogP contribution in [0.1, 0.15) is 39.5 Å². The fraction of sp³-hybridized carbons (Fsp3) is 0.818. The summed E-state index contributed by atoms with van der Waals surface area (Å²) in [5.41, 5.74) is 5.15. The average molecular weight is 293 g/mol. The minimum atomic E-state index is -0.537. The van der Waals surface area contributed by atoms with Crippen molar-refractivity contribution in [2.75, 3.05) is 5.33 Å². The molecule has 0 aliphatic heterocycles. The standard InChI is InChI=1S/C11H21BrN2O2/c1-3-5-8(7-12)6-10(15)14-9(4-2)11(13)16/h8-9H,3-7H2,1-2H3,(H2,13,16)(H,14,15)/t8-,9+/m1/s1. The number of hydrogen-bond acceptors (Lipinski definition) is 2. The third-order valence-corrected chi connectivity index (χ3v) is 3.39. The summed E-state index contributed by atoms with van der Waals surface area (Å²) in [5, 5.41) is 3.46. The number of hydrogen-bond donors (Lipinski definition) is 2. The highest BCUT2D eigenvalue weighted by molar-refractivity contribution is 9.09. The molecule has 0 heterocycles. The lowest BCUT2D eigenvalue weighted by molar-refractivity contribution is -0.127. The Hall–Kier alpha value is -0.580. The van der Waals surface area contributed by atoms with Crippen LogP contribution in [0.25, 0.3) is 0 Å². The van der Waals surface area contributed by atoms with E-state index in [9.17, 15) is 9.59 Å². The lowest BCUT2D eigenvalue weighted by Gasteiger charge is -2.16. The molecule has 16 heavy (non-hydrogen) atoms. The third-order valence-electron chi connectivity index (χ3n) is 2.48. The Morgan fingerprint density at radius 3 is 2.38 bits per heavy atom. The largest absolute Gasteiger partial charge is 0.368 e. The summed E-state index contributed by atoms with van der Waals surface area (Å²) < 4.78 is 0. The predicted molar refractivity (Wildman–Crippen MR) is 68.2 cm³/mol. The Labute approximate surface area is 105 Å². The number of alkyl halides is 1. The van der Waals surface area contributed by atoms with Crippen LogP contribution in [0, 0.1) is 5.92 Å². The van der Waals surface area contributed by atoms with Gasteiger partial charge in [0.15, 0.2) is 0 Å². The van der Waals surface area contributed by atoms with Gasteiger partial charge >= 0.3 is 0 Å². The second kappa shape index (κ2) is 8.56. The number of nitrogens with one attached hydrogen (secondary N) is 1. The second-order valence-electron chi connectivity index (χ2n) is 3.94. The number of carbonyl (C=O) groups excluding carboxylic acids is 2. The van der Waals surface area contributed by atoms with Gasteiger partial charge in [0.2, 0.25) is 11.8 Å². The lowest BCUT2D eigenvalue weighted by Crippen LogP contribution is -2.44. The van der Waals surface area contributed by atoms with Crippen molar-refractivity contribution in [1.29, 1.82) is 0 Å². The van der Waals surface area contributed by atoms with Gasteiger partial charge in [0.05, 0.1) is 0 Å². The smallest absolute Gasteiger partial charge is 0.239 e. The molecule has 0 fully saturated rings. The normalized spacial score (nSPS) is 14.2. The lowest BCUT2D eigenvalue weighted by atomic mass is 10.0. The molecular formula is C11H21BrN2O2. The molecule has 94 valence electrons. The first-order valence-corrected chi connectivity index (χ1v) is 6.81. The fourth-order valence-electron chi connectivity index (χ4n) is 1.53. The molecule has 2 atom stereocenters. The third kappa shape index (κ3) is 6.10. The van der Waals surface area contributed by atoms with Gasteiger partial charge in [0.1, 0.15) is 6.04 Å². The van der Waals surface area contributed by atoms with Crippen LogP contribution >= 0.6 is 15.9 Å². The van der Waals surface area contributed by atoms with Crippen molar-refractivity contribution >= 4 is 27.7 Å². The van der Waals surface area contributed by atoms with E-state index in [-0.39, 0.29) is 5.91 Å². The van der Waals surface area contributed by atoms with Crippen molar-refractivity contribution in [2.45, 2.75) is 45.6 Å². The molecule has 2 amide bonds. The fourth-order valence-corrected chi connectivity index (χ4v) is 2.08. The number of carbonyl (C=O) groups is 2. The minimum Gasteiger partial charge on any atom is -0.368 e. The van der Waals surface area contributed by atoms with Crippen molar-refractivity contribution in [3.8, 4) is 0 Å². The molecule has 5 heteroatoms. The Kier molecular flexibility index (Phi) is 8.25. The van der Waals surface area contributed by atoms with Gasteiger partial charge in [-0.05, 0) is 18.8 Å². The number of primary amides is 1. The van der Waals surface area contributed by atoms with Gasteiger partial charge in [-0.25, -0.2) is 0 Å². The maximum Gasteiger partial charge on any atom is 0.239 e. The summed E-state index contributed by atoms with van der Waals surface area (Å²) in [5.74, 6) is -0.235. The summed E-state index contributed by atoms with van der Waals surface area (Å²) >= 11 is 3.39. The first-order chi connectivity index (χ1) is 7.54. The van der Waals surface area contributed by atoms with Crippen molar-refractivity contribution in [3.63, 3.8) is 0 Å². The van der Waals surface area contributed by atoms with Gasteiger partial charge in [-0.3, -0.25) is 9.59 Å². The minimum absolute atomic E-state index is 0.0939. The van der Waals surface area contributed by atoms with Crippen molar-refractivity contribution in [3.05, 3.63) is 0 Å². The highest BCUT2D eigenvalue weighted by Crippen LogP contribution is 2.14. The van der Waals surface area contributed by atoms with Gasteiger partial charge < -0.3 is 11.1 Å². The predicted octanol–water partition coefficient (Wildman–Crippen LogP) is 1.57. The topological polar surface area (TPSA) is 72.2 Å². The quantitative estimate of drug-likeness (QED) is 0.667. The molecule has 0 unspecified atom stereocenters. The molecule has 3 N–H and O–H groups in total.